The lowest BCUT2D eigenvalue weighted by Crippen LogP contribution is -2.17. The molecule has 2 aromatic carbocycles. The number of carbonyl (C=O) groups excluding carboxylic acids is 2. The molecule has 178 valence electrons. The molecule has 0 aromatic heterocycles. The average Bonchev–Trinajstić information content (AvgIpc) is 2.80. The van der Waals surface area contributed by atoms with Gasteiger partial charge in [0.05, 0.1) is 26.5 Å². The van der Waals surface area contributed by atoms with Crippen LogP contribution in [0.4, 0.5) is 0 Å². The zero-order chi connectivity index (χ0) is 24.1. The number of benzene rings is 2. The van der Waals surface area contributed by atoms with E-state index < -0.39 is 5.97 Å². The lowest BCUT2D eigenvalue weighted by Gasteiger charge is -2.12. The van der Waals surface area contributed by atoms with Gasteiger partial charge in [-0.3, -0.25) is 4.79 Å². The van der Waals surface area contributed by atoms with Crippen LogP contribution in [-0.4, -0.2) is 45.0 Å². The molecule has 8 heteroatoms. The third-order valence-electron chi connectivity index (χ3n) is 4.72. The Kier molecular flexibility index (Phi) is 10.7. The number of aryl methyl sites for hydroxylation is 2. The summed E-state index contributed by atoms with van der Waals surface area (Å²) >= 11 is 0. The van der Waals surface area contributed by atoms with Crippen molar-refractivity contribution < 1.29 is 28.5 Å². The lowest BCUT2D eigenvalue weighted by molar-refractivity contribution is -0.145. The van der Waals surface area contributed by atoms with Gasteiger partial charge in [-0.1, -0.05) is 6.07 Å². The van der Waals surface area contributed by atoms with Gasteiger partial charge in [0.25, 0.3) is 0 Å². The van der Waals surface area contributed by atoms with Crippen molar-refractivity contribution in [3.8, 4) is 17.2 Å². The molecule has 0 aliphatic rings. The van der Waals surface area contributed by atoms with Crippen LogP contribution in [0.3, 0.4) is 0 Å². The highest BCUT2D eigenvalue weighted by Crippen LogP contribution is 2.28. The van der Waals surface area contributed by atoms with Crippen molar-refractivity contribution in [3.05, 3.63) is 53.1 Å². The molecular formula is C25H32N2O6. The van der Waals surface area contributed by atoms with Crippen LogP contribution >= 0.6 is 0 Å². The molecule has 0 atom stereocenters. The summed E-state index contributed by atoms with van der Waals surface area (Å²) in [5, 5.41) is 4.03. The van der Waals surface area contributed by atoms with E-state index >= 15 is 0 Å². The minimum Gasteiger partial charge on any atom is -0.497 e. The summed E-state index contributed by atoms with van der Waals surface area (Å²) < 4.78 is 21.1. The molecule has 0 aliphatic heterocycles. The highest BCUT2D eigenvalue weighted by atomic mass is 16.6. The SMILES string of the molecule is CCOC(=O)COc1ccc(/C=N\NC(=O)CCCc2ccc(OC)cc2C)cc1OCC. The van der Waals surface area contributed by atoms with Crippen LogP contribution in [0.1, 0.15) is 43.4 Å². The molecule has 33 heavy (non-hydrogen) atoms. The van der Waals surface area contributed by atoms with Crippen molar-refractivity contribution in [1.82, 2.24) is 5.43 Å². The second-order valence-electron chi connectivity index (χ2n) is 7.17. The quantitative estimate of drug-likeness (QED) is 0.280. The van der Waals surface area contributed by atoms with Crippen LogP contribution in [-0.2, 0) is 20.7 Å². The Morgan fingerprint density at radius 3 is 2.55 bits per heavy atom. The third kappa shape index (κ3) is 8.84. The zero-order valence-electron chi connectivity index (χ0n) is 19.7. The highest BCUT2D eigenvalue weighted by molar-refractivity contribution is 5.83. The Morgan fingerprint density at radius 1 is 1.03 bits per heavy atom. The molecule has 0 heterocycles. The van der Waals surface area contributed by atoms with E-state index in [1.54, 1.807) is 32.2 Å². The minimum atomic E-state index is -0.449. The van der Waals surface area contributed by atoms with Gasteiger partial charge in [0, 0.05) is 6.42 Å². The molecule has 2 rings (SSSR count). The number of esters is 1. The molecule has 1 N–H and O–H groups in total. The summed E-state index contributed by atoms with van der Waals surface area (Å²) in [7, 11) is 1.64. The van der Waals surface area contributed by atoms with Crippen molar-refractivity contribution >= 4 is 18.1 Å². The summed E-state index contributed by atoms with van der Waals surface area (Å²) in [5.41, 5.74) is 5.61. The van der Waals surface area contributed by atoms with Crippen LogP contribution in [0, 0.1) is 6.92 Å². The predicted molar refractivity (Wildman–Crippen MR) is 126 cm³/mol. The first kappa shape index (κ1) is 25.7. The highest BCUT2D eigenvalue weighted by Gasteiger charge is 2.09. The van der Waals surface area contributed by atoms with Crippen LogP contribution in [0.25, 0.3) is 0 Å². The molecule has 2 aromatic rings. The van der Waals surface area contributed by atoms with Crippen LogP contribution in [0.15, 0.2) is 41.5 Å². The molecule has 1 amide bonds. The van der Waals surface area contributed by atoms with Crippen molar-refractivity contribution in [2.45, 2.75) is 40.0 Å². The molecule has 0 saturated heterocycles. The van der Waals surface area contributed by atoms with Crippen LogP contribution in [0.5, 0.6) is 17.2 Å². The van der Waals surface area contributed by atoms with E-state index in [2.05, 4.69) is 10.5 Å². The van der Waals surface area contributed by atoms with E-state index in [-0.39, 0.29) is 12.5 Å². The standard InChI is InChI=1S/C25H32N2O6/c1-5-31-23-15-19(10-13-22(23)33-17-25(29)32-6-2)16-26-27-24(28)9-7-8-20-11-12-21(30-4)14-18(20)3/h10-16H,5-9,17H2,1-4H3,(H,27,28)/b26-16-. The number of hydrogen-bond donors (Lipinski definition) is 1. The smallest absolute Gasteiger partial charge is 0.344 e. The number of nitrogens with one attached hydrogen (secondary N) is 1. The number of methoxy groups -OCH3 is 1. The number of hydrogen-bond acceptors (Lipinski definition) is 7. The van der Waals surface area contributed by atoms with Gasteiger partial charge in [0.15, 0.2) is 18.1 Å². The monoisotopic (exact) mass is 456 g/mol. The van der Waals surface area contributed by atoms with Gasteiger partial charge in [-0.15, -0.1) is 0 Å². The topological polar surface area (TPSA) is 95.5 Å². The van der Waals surface area contributed by atoms with E-state index in [1.807, 2.05) is 32.0 Å². The first-order valence-electron chi connectivity index (χ1n) is 11.0. The van der Waals surface area contributed by atoms with Gasteiger partial charge < -0.3 is 18.9 Å². The molecular weight excluding hydrogens is 424 g/mol. The Morgan fingerprint density at radius 2 is 1.85 bits per heavy atom. The molecule has 0 saturated carbocycles. The fraction of sp³-hybridized carbons (Fsp3) is 0.400. The van der Waals surface area contributed by atoms with Gasteiger partial charge in [0.1, 0.15) is 5.75 Å². The summed E-state index contributed by atoms with van der Waals surface area (Å²) in [6.07, 6.45) is 3.42. The Hall–Kier alpha value is -3.55. The van der Waals surface area contributed by atoms with Crippen LogP contribution in [0.2, 0.25) is 0 Å². The maximum absolute atomic E-state index is 12.1. The first-order valence-corrected chi connectivity index (χ1v) is 11.0. The molecule has 0 fully saturated rings. The zero-order valence-corrected chi connectivity index (χ0v) is 19.7. The maximum atomic E-state index is 12.1. The van der Waals surface area contributed by atoms with Crippen molar-refractivity contribution in [3.63, 3.8) is 0 Å². The van der Waals surface area contributed by atoms with E-state index in [0.717, 1.165) is 29.7 Å². The molecule has 8 nitrogen and oxygen atoms in total. The third-order valence-corrected chi connectivity index (χ3v) is 4.72. The minimum absolute atomic E-state index is 0.156. The molecule has 0 radical (unpaired) electrons. The summed E-state index contributed by atoms with van der Waals surface area (Å²) in [4.78, 5) is 23.6. The lowest BCUT2D eigenvalue weighted by atomic mass is 10.0. The van der Waals surface area contributed by atoms with E-state index in [4.69, 9.17) is 18.9 Å². The van der Waals surface area contributed by atoms with Gasteiger partial charge in [-0.25, -0.2) is 10.2 Å². The van der Waals surface area contributed by atoms with Crippen molar-refractivity contribution in [2.75, 3.05) is 26.9 Å². The number of carbonyl (C=O) groups is 2. The summed E-state index contributed by atoms with van der Waals surface area (Å²) in [6, 6.07) is 11.1. The molecule has 0 aliphatic carbocycles. The largest absolute Gasteiger partial charge is 0.497 e. The van der Waals surface area contributed by atoms with Gasteiger partial charge >= 0.3 is 5.97 Å². The van der Waals surface area contributed by atoms with E-state index in [1.165, 1.54) is 11.8 Å². The van der Waals surface area contributed by atoms with E-state index in [0.29, 0.717) is 31.1 Å². The number of nitrogens with zero attached hydrogens (tertiary/aromatic N) is 1. The number of ether oxygens (including phenoxy) is 4. The molecule has 0 bridgehead atoms. The Labute approximate surface area is 194 Å². The fourth-order valence-electron chi connectivity index (χ4n) is 3.08. The number of amides is 1. The van der Waals surface area contributed by atoms with Gasteiger partial charge in [0.2, 0.25) is 5.91 Å². The molecule has 0 spiro atoms. The number of hydrazone groups is 1. The molecule has 0 unspecified atom stereocenters. The maximum Gasteiger partial charge on any atom is 0.344 e. The second-order valence-corrected chi connectivity index (χ2v) is 7.17. The summed E-state index contributed by atoms with van der Waals surface area (Å²) in [5.74, 6) is 1.13. The normalized spacial score (nSPS) is 10.7. The van der Waals surface area contributed by atoms with Crippen molar-refractivity contribution in [1.29, 1.82) is 0 Å². The van der Waals surface area contributed by atoms with Gasteiger partial charge in [-0.2, -0.15) is 5.10 Å². The second kappa shape index (κ2) is 13.8. The van der Waals surface area contributed by atoms with Gasteiger partial charge in [-0.05, 0) is 80.6 Å². The fourth-order valence-corrected chi connectivity index (χ4v) is 3.08. The Balaban J connectivity index is 1.84. The Bertz CT molecular complexity index is 958. The number of rotatable bonds is 13. The average molecular weight is 457 g/mol. The first-order chi connectivity index (χ1) is 16.0. The van der Waals surface area contributed by atoms with E-state index in [9.17, 15) is 9.59 Å². The summed E-state index contributed by atoms with van der Waals surface area (Å²) in [6.45, 7) is 6.14. The van der Waals surface area contributed by atoms with Crippen molar-refractivity contribution in [2.24, 2.45) is 5.10 Å². The van der Waals surface area contributed by atoms with Crippen LogP contribution < -0.4 is 19.6 Å². The predicted octanol–water partition coefficient (Wildman–Crippen LogP) is 3.82.